The quantitative estimate of drug-likeness (QED) is 0.806. The molecule has 0 fully saturated rings. The lowest BCUT2D eigenvalue weighted by Gasteiger charge is -2.09. The van der Waals surface area contributed by atoms with Crippen molar-refractivity contribution >= 4 is 12.2 Å². The van der Waals surface area contributed by atoms with E-state index in [1.165, 1.54) is 12.1 Å². The largest absolute Gasteiger partial charge is 0.286 e. The van der Waals surface area contributed by atoms with Crippen LogP contribution in [0.4, 0.5) is 4.39 Å². The number of rotatable bonds is 3. The number of H-pyrrole nitrogens is 2. The van der Waals surface area contributed by atoms with Crippen molar-refractivity contribution in [2.75, 3.05) is 0 Å². The molecule has 5 heteroatoms. The summed E-state index contributed by atoms with van der Waals surface area (Å²) in [7, 11) is 0. The van der Waals surface area contributed by atoms with Crippen molar-refractivity contribution in [3.8, 4) is 0 Å². The molecule has 0 spiro atoms. The first-order valence-corrected chi connectivity index (χ1v) is 5.45. The lowest BCUT2D eigenvalue weighted by atomic mass is 9.98. The highest BCUT2D eigenvalue weighted by Gasteiger charge is 2.08. The minimum atomic E-state index is -0.213. The van der Waals surface area contributed by atoms with Crippen LogP contribution in [-0.2, 0) is 6.42 Å². The molecule has 0 bridgehead atoms. The van der Waals surface area contributed by atoms with E-state index in [1.54, 1.807) is 12.1 Å². The van der Waals surface area contributed by atoms with Crippen LogP contribution in [0.1, 0.15) is 24.2 Å². The number of hydrogen-bond donors (Lipinski definition) is 2. The minimum absolute atomic E-state index is 0.213. The predicted molar refractivity (Wildman–Crippen MR) is 62.3 cm³/mol. The fourth-order valence-electron chi connectivity index (χ4n) is 1.60. The lowest BCUT2D eigenvalue weighted by molar-refractivity contribution is 0.625. The monoisotopic (exact) mass is 237 g/mol. The van der Waals surface area contributed by atoms with Crippen LogP contribution in [-0.4, -0.2) is 15.2 Å². The van der Waals surface area contributed by atoms with Crippen LogP contribution in [0.5, 0.6) is 0 Å². The zero-order valence-corrected chi connectivity index (χ0v) is 9.64. The molecule has 0 saturated carbocycles. The highest BCUT2D eigenvalue weighted by molar-refractivity contribution is 7.71. The molecule has 0 aliphatic heterocycles. The molecule has 0 radical (unpaired) electrons. The van der Waals surface area contributed by atoms with Crippen LogP contribution < -0.4 is 0 Å². The van der Waals surface area contributed by atoms with Gasteiger partial charge in [-0.2, -0.15) is 0 Å². The van der Waals surface area contributed by atoms with Gasteiger partial charge in [-0.05, 0) is 35.8 Å². The first-order chi connectivity index (χ1) is 7.65. The molecular formula is C11H12FN3S. The van der Waals surface area contributed by atoms with Gasteiger partial charge in [-0.3, -0.25) is 10.2 Å². The predicted octanol–water partition coefficient (Wildman–Crippen LogP) is 2.95. The van der Waals surface area contributed by atoms with Gasteiger partial charge in [0, 0.05) is 6.42 Å². The molecule has 1 atom stereocenters. The summed E-state index contributed by atoms with van der Waals surface area (Å²) in [6, 6.07) is 6.53. The fraction of sp³-hybridized carbons (Fsp3) is 0.273. The highest BCUT2D eigenvalue weighted by atomic mass is 32.1. The molecule has 0 amide bonds. The van der Waals surface area contributed by atoms with Gasteiger partial charge in [-0.15, -0.1) is 0 Å². The molecular weight excluding hydrogens is 225 g/mol. The molecule has 2 aromatic rings. The van der Waals surface area contributed by atoms with Crippen molar-refractivity contribution in [1.82, 2.24) is 15.2 Å². The van der Waals surface area contributed by atoms with Crippen LogP contribution in [0.2, 0.25) is 0 Å². The standard InChI is InChI=1S/C11H12FN3S/c1-7(6-10-13-11(16)15-14-10)8-2-4-9(12)5-3-8/h2-5,7H,6H2,1H3,(H2,13,14,15,16). The summed E-state index contributed by atoms with van der Waals surface area (Å²) >= 11 is 4.87. The van der Waals surface area contributed by atoms with Gasteiger partial charge in [0.25, 0.3) is 0 Å². The third kappa shape index (κ3) is 2.55. The Hall–Kier alpha value is -1.49. The zero-order valence-electron chi connectivity index (χ0n) is 8.83. The number of aromatic nitrogens is 3. The SMILES string of the molecule is CC(Cc1nc(=S)[nH][nH]1)c1ccc(F)cc1. The molecule has 3 nitrogen and oxygen atoms in total. The third-order valence-electron chi connectivity index (χ3n) is 2.49. The normalized spacial score (nSPS) is 12.6. The Kier molecular flexibility index (Phi) is 3.14. The van der Waals surface area contributed by atoms with Crippen LogP contribution >= 0.6 is 12.2 Å². The fourth-order valence-corrected chi connectivity index (χ4v) is 1.76. The number of aromatic amines is 2. The molecule has 2 rings (SSSR count). The third-order valence-corrected chi connectivity index (χ3v) is 2.68. The van der Waals surface area contributed by atoms with Crippen molar-refractivity contribution < 1.29 is 4.39 Å². The summed E-state index contributed by atoms with van der Waals surface area (Å²) in [6.07, 6.45) is 0.749. The summed E-state index contributed by atoms with van der Waals surface area (Å²) in [5.41, 5.74) is 1.09. The Morgan fingerprint density at radius 2 is 2.00 bits per heavy atom. The van der Waals surface area contributed by atoms with Gasteiger partial charge in [0.15, 0.2) is 0 Å². The summed E-state index contributed by atoms with van der Waals surface area (Å²) < 4.78 is 13.2. The Bertz CT molecular complexity index is 515. The Morgan fingerprint density at radius 3 is 2.56 bits per heavy atom. The Labute approximate surface area is 97.7 Å². The maximum absolute atomic E-state index is 12.7. The molecule has 16 heavy (non-hydrogen) atoms. The Morgan fingerprint density at radius 1 is 1.31 bits per heavy atom. The van der Waals surface area contributed by atoms with Gasteiger partial charge < -0.3 is 0 Å². The van der Waals surface area contributed by atoms with E-state index >= 15 is 0 Å². The van der Waals surface area contributed by atoms with Crippen LogP contribution in [0.25, 0.3) is 0 Å². The average molecular weight is 237 g/mol. The van der Waals surface area contributed by atoms with Crippen molar-refractivity contribution in [2.24, 2.45) is 0 Å². The molecule has 1 aromatic heterocycles. The number of nitrogens with zero attached hydrogens (tertiary/aromatic N) is 1. The molecule has 0 aliphatic carbocycles. The van der Waals surface area contributed by atoms with Crippen LogP contribution in [0.3, 0.4) is 0 Å². The van der Waals surface area contributed by atoms with Crippen molar-refractivity contribution in [1.29, 1.82) is 0 Å². The van der Waals surface area contributed by atoms with E-state index in [-0.39, 0.29) is 11.7 Å². The van der Waals surface area contributed by atoms with Crippen LogP contribution in [0.15, 0.2) is 24.3 Å². The van der Waals surface area contributed by atoms with E-state index in [1.807, 2.05) is 0 Å². The molecule has 0 aliphatic rings. The smallest absolute Gasteiger partial charge is 0.213 e. The summed E-state index contributed by atoms with van der Waals surface area (Å²) in [5.74, 6) is 0.881. The van der Waals surface area contributed by atoms with E-state index in [0.29, 0.717) is 4.77 Å². The van der Waals surface area contributed by atoms with Gasteiger partial charge in [-0.25, -0.2) is 9.37 Å². The van der Waals surface area contributed by atoms with Gasteiger partial charge in [0.05, 0.1) is 0 Å². The van der Waals surface area contributed by atoms with E-state index in [0.717, 1.165) is 17.8 Å². The van der Waals surface area contributed by atoms with E-state index in [4.69, 9.17) is 12.2 Å². The second kappa shape index (κ2) is 4.57. The number of halogens is 1. The second-order valence-electron chi connectivity index (χ2n) is 3.77. The molecule has 84 valence electrons. The molecule has 1 heterocycles. The Balaban J connectivity index is 2.11. The number of hydrogen-bond acceptors (Lipinski definition) is 2. The van der Waals surface area contributed by atoms with Gasteiger partial charge in [0.1, 0.15) is 11.6 Å². The summed E-state index contributed by atoms with van der Waals surface area (Å²) in [6.45, 7) is 2.07. The molecule has 2 N–H and O–H groups in total. The second-order valence-corrected chi connectivity index (χ2v) is 4.16. The first kappa shape index (κ1) is 11.0. The summed E-state index contributed by atoms with van der Waals surface area (Å²) in [5, 5.41) is 5.66. The first-order valence-electron chi connectivity index (χ1n) is 5.04. The van der Waals surface area contributed by atoms with E-state index < -0.39 is 0 Å². The van der Waals surface area contributed by atoms with Gasteiger partial charge >= 0.3 is 0 Å². The lowest BCUT2D eigenvalue weighted by Crippen LogP contribution is -2.00. The van der Waals surface area contributed by atoms with Crippen molar-refractivity contribution in [3.05, 3.63) is 46.2 Å². The van der Waals surface area contributed by atoms with Gasteiger partial charge in [-0.1, -0.05) is 19.1 Å². The van der Waals surface area contributed by atoms with Crippen molar-refractivity contribution in [3.63, 3.8) is 0 Å². The highest BCUT2D eigenvalue weighted by Crippen LogP contribution is 2.18. The van der Waals surface area contributed by atoms with Gasteiger partial charge in [0.2, 0.25) is 4.77 Å². The minimum Gasteiger partial charge on any atom is -0.286 e. The number of nitrogens with one attached hydrogen (secondary N) is 2. The molecule has 0 saturated heterocycles. The number of benzene rings is 1. The maximum atomic E-state index is 12.7. The zero-order chi connectivity index (χ0) is 11.5. The van der Waals surface area contributed by atoms with E-state index in [9.17, 15) is 4.39 Å². The average Bonchev–Trinajstić information content (AvgIpc) is 2.65. The van der Waals surface area contributed by atoms with E-state index in [2.05, 4.69) is 22.1 Å². The van der Waals surface area contributed by atoms with Crippen molar-refractivity contribution in [2.45, 2.75) is 19.3 Å². The summed E-state index contributed by atoms with van der Waals surface area (Å²) in [4.78, 5) is 4.12. The molecule has 1 aromatic carbocycles. The maximum Gasteiger partial charge on any atom is 0.213 e. The topological polar surface area (TPSA) is 44.5 Å². The van der Waals surface area contributed by atoms with Crippen LogP contribution in [0, 0.1) is 10.6 Å². The molecule has 1 unspecified atom stereocenters.